The normalized spacial score (nSPS) is 10.2. The molecule has 1 amide bonds. The van der Waals surface area contributed by atoms with E-state index in [1.807, 2.05) is 0 Å². The number of rotatable bonds is 8. The molecule has 1 aromatic heterocycles. The van der Waals surface area contributed by atoms with Gasteiger partial charge in [0.1, 0.15) is 0 Å². The third-order valence-corrected chi connectivity index (χ3v) is 3.34. The maximum absolute atomic E-state index is 12.4. The smallest absolute Gasteiger partial charge is 0.309 e. The van der Waals surface area contributed by atoms with E-state index < -0.39 is 5.97 Å². The number of carbonyl (C=O) groups excluding carboxylic acids is 2. The number of ether oxygens (including phenoxy) is 4. The number of nitrogens with one attached hydrogen (secondary N) is 1. The lowest BCUT2D eigenvalue weighted by atomic mass is 10.1. The third kappa shape index (κ3) is 4.41. The van der Waals surface area contributed by atoms with Crippen molar-refractivity contribution in [3.05, 3.63) is 23.9 Å². The molecule has 26 heavy (non-hydrogen) atoms. The number of hydrogen-bond acceptors (Lipinski definition) is 8. The summed E-state index contributed by atoms with van der Waals surface area (Å²) in [5.41, 5.74) is 0.310. The molecule has 0 unspecified atom stereocenters. The summed E-state index contributed by atoms with van der Waals surface area (Å²) in [6, 6.07) is 3.21. The van der Waals surface area contributed by atoms with Crippen LogP contribution in [0.15, 0.2) is 18.3 Å². The molecule has 0 aliphatic carbocycles. The predicted molar refractivity (Wildman–Crippen MR) is 89.8 cm³/mol. The van der Waals surface area contributed by atoms with Crippen molar-refractivity contribution in [2.75, 3.05) is 27.9 Å². The van der Waals surface area contributed by atoms with E-state index in [9.17, 15) is 9.59 Å². The van der Waals surface area contributed by atoms with E-state index in [-0.39, 0.29) is 24.1 Å². The molecule has 1 aromatic carbocycles. The summed E-state index contributed by atoms with van der Waals surface area (Å²) in [5.74, 6) is 0.355. The van der Waals surface area contributed by atoms with Gasteiger partial charge >= 0.3 is 5.97 Å². The van der Waals surface area contributed by atoms with Crippen molar-refractivity contribution in [1.82, 2.24) is 20.3 Å². The molecule has 0 saturated carbocycles. The van der Waals surface area contributed by atoms with Gasteiger partial charge in [-0.2, -0.15) is 0 Å². The number of carbonyl (C=O) groups is 2. The number of methoxy groups -OCH3 is 3. The monoisotopic (exact) mass is 364 g/mol. The van der Waals surface area contributed by atoms with Crippen molar-refractivity contribution < 1.29 is 28.5 Å². The Morgan fingerprint density at radius 1 is 1.12 bits per heavy atom. The Balaban J connectivity index is 2.01. The second-order valence-corrected chi connectivity index (χ2v) is 5.05. The van der Waals surface area contributed by atoms with Crippen molar-refractivity contribution in [2.45, 2.75) is 13.5 Å². The van der Waals surface area contributed by atoms with Gasteiger partial charge in [0.2, 0.25) is 5.75 Å². The van der Waals surface area contributed by atoms with Gasteiger partial charge in [-0.15, -0.1) is 0 Å². The van der Waals surface area contributed by atoms with E-state index in [1.165, 1.54) is 39.1 Å². The van der Waals surface area contributed by atoms with Gasteiger partial charge in [-0.3, -0.25) is 9.59 Å². The summed E-state index contributed by atoms with van der Waals surface area (Å²) >= 11 is 0. The van der Waals surface area contributed by atoms with Gasteiger partial charge in [0.05, 0.1) is 39.6 Å². The van der Waals surface area contributed by atoms with Gasteiger partial charge in [0, 0.05) is 13.5 Å². The van der Waals surface area contributed by atoms with E-state index in [2.05, 4.69) is 15.6 Å². The highest BCUT2D eigenvalue weighted by molar-refractivity contribution is 5.98. The minimum Gasteiger partial charge on any atom is -0.493 e. The molecule has 0 aliphatic heterocycles. The molecular formula is C16H20N4O6. The minimum atomic E-state index is -0.481. The lowest BCUT2D eigenvalue weighted by Gasteiger charge is -2.15. The highest BCUT2D eigenvalue weighted by Crippen LogP contribution is 2.39. The molecule has 0 aliphatic rings. The van der Waals surface area contributed by atoms with Crippen molar-refractivity contribution in [2.24, 2.45) is 0 Å². The molecule has 0 atom stereocenters. The summed E-state index contributed by atoms with van der Waals surface area (Å²) in [6.45, 7) is 1.89. The van der Waals surface area contributed by atoms with Crippen LogP contribution in [0.4, 0.5) is 0 Å². The highest BCUT2D eigenvalue weighted by atomic mass is 16.5. The van der Waals surface area contributed by atoms with E-state index in [1.54, 1.807) is 12.1 Å². The van der Waals surface area contributed by atoms with Crippen LogP contribution >= 0.6 is 0 Å². The first-order valence-corrected chi connectivity index (χ1v) is 7.65. The van der Waals surface area contributed by atoms with Crippen LogP contribution in [0.2, 0.25) is 0 Å². The Kier molecular flexibility index (Phi) is 6.36. The van der Waals surface area contributed by atoms with Crippen LogP contribution in [0.3, 0.4) is 0 Å². The van der Waals surface area contributed by atoms with E-state index in [4.69, 9.17) is 18.9 Å². The lowest BCUT2D eigenvalue weighted by molar-refractivity contribution is -0.132. The average Bonchev–Trinajstić information content (AvgIpc) is 3.06. The first-order chi connectivity index (χ1) is 12.5. The zero-order valence-corrected chi connectivity index (χ0v) is 14.9. The van der Waals surface area contributed by atoms with Crippen molar-refractivity contribution in [1.29, 1.82) is 0 Å². The zero-order chi connectivity index (χ0) is 19.1. The molecule has 0 saturated heterocycles. The molecule has 1 N–H and O–H groups in total. The number of hydrogen-bond donors (Lipinski definition) is 1. The molecule has 10 heteroatoms. The fourth-order valence-corrected chi connectivity index (χ4v) is 2.24. The van der Waals surface area contributed by atoms with Crippen LogP contribution in [0, 0.1) is 0 Å². The Hall–Kier alpha value is -3.30. The molecular weight excluding hydrogens is 344 g/mol. The third-order valence-electron chi connectivity index (χ3n) is 3.34. The van der Waals surface area contributed by atoms with Crippen molar-refractivity contribution >= 4 is 11.9 Å². The van der Waals surface area contributed by atoms with Crippen LogP contribution in [0.25, 0.3) is 0 Å². The zero-order valence-electron chi connectivity index (χ0n) is 14.9. The SMILES string of the molecule is COc1ccc(C(=O)NCCn2cc(OC(C)=O)nn2)c(OC)c1OC. The van der Waals surface area contributed by atoms with Gasteiger partial charge in [0.25, 0.3) is 11.8 Å². The van der Waals surface area contributed by atoms with Crippen molar-refractivity contribution in [3.8, 4) is 23.1 Å². The highest BCUT2D eigenvalue weighted by Gasteiger charge is 2.20. The molecule has 10 nitrogen and oxygen atoms in total. The Bertz CT molecular complexity index is 789. The maximum atomic E-state index is 12.4. The Morgan fingerprint density at radius 3 is 2.46 bits per heavy atom. The summed E-state index contributed by atoms with van der Waals surface area (Å²) in [6.07, 6.45) is 1.46. The average molecular weight is 364 g/mol. The van der Waals surface area contributed by atoms with Gasteiger partial charge < -0.3 is 24.3 Å². The summed E-state index contributed by atoms with van der Waals surface area (Å²) in [7, 11) is 4.41. The molecule has 1 heterocycles. The number of aromatic nitrogens is 3. The minimum absolute atomic E-state index is 0.102. The number of benzene rings is 1. The fraction of sp³-hybridized carbons (Fsp3) is 0.375. The lowest BCUT2D eigenvalue weighted by Crippen LogP contribution is -2.27. The molecule has 0 radical (unpaired) electrons. The van der Waals surface area contributed by atoms with Gasteiger partial charge in [0.15, 0.2) is 11.5 Å². The molecule has 0 spiro atoms. The standard InChI is InChI=1S/C16H20N4O6/c1-10(21)26-13-9-20(19-18-13)8-7-17-16(22)11-5-6-12(23-2)15(25-4)14(11)24-3/h5-6,9H,7-8H2,1-4H3,(H,17,22). The second kappa shape index (κ2) is 8.70. The predicted octanol–water partition coefficient (Wildman–Crippen LogP) is 0.659. The summed E-state index contributed by atoms with van der Waals surface area (Å²) in [5, 5.41) is 10.2. The van der Waals surface area contributed by atoms with Crippen LogP contribution in [-0.2, 0) is 11.3 Å². The first kappa shape index (κ1) is 19.0. The van der Waals surface area contributed by atoms with Crippen LogP contribution in [-0.4, -0.2) is 54.7 Å². The van der Waals surface area contributed by atoms with E-state index in [0.29, 0.717) is 23.6 Å². The molecule has 2 rings (SSSR count). The van der Waals surface area contributed by atoms with Gasteiger partial charge in [-0.25, -0.2) is 4.68 Å². The Morgan fingerprint density at radius 2 is 1.85 bits per heavy atom. The topological polar surface area (TPSA) is 114 Å². The van der Waals surface area contributed by atoms with Crippen LogP contribution in [0.1, 0.15) is 17.3 Å². The molecule has 140 valence electrons. The molecule has 0 fully saturated rings. The molecule has 2 aromatic rings. The first-order valence-electron chi connectivity index (χ1n) is 7.65. The van der Waals surface area contributed by atoms with E-state index in [0.717, 1.165) is 0 Å². The van der Waals surface area contributed by atoms with E-state index >= 15 is 0 Å². The fourth-order valence-electron chi connectivity index (χ4n) is 2.24. The largest absolute Gasteiger partial charge is 0.493 e. The second-order valence-electron chi connectivity index (χ2n) is 5.05. The summed E-state index contributed by atoms with van der Waals surface area (Å²) < 4.78 is 22.0. The number of nitrogens with zero attached hydrogens (tertiary/aromatic N) is 3. The van der Waals surface area contributed by atoms with Crippen molar-refractivity contribution in [3.63, 3.8) is 0 Å². The Labute approximate surface area is 150 Å². The number of esters is 1. The van der Waals surface area contributed by atoms with Gasteiger partial charge in [-0.1, -0.05) is 10.3 Å². The quantitative estimate of drug-likeness (QED) is 0.680. The molecule has 0 bridgehead atoms. The van der Waals surface area contributed by atoms with Crippen LogP contribution < -0.4 is 24.3 Å². The van der Waals surface area contributed by atoms with Gasteiger partial charge in [-0.05, 0) is 12.1 Å². The van der Waals surface area contributed by atoms with Crippen LogP contribution in [0.5, 0.6) is 23.1 Å². The maximum Gasteiger partial charge on any atom is 0.309 e. The summed E-state index contributed by atoms with van der Waals surface area (Å²) in [4.78, 5) is 23.3. The number of amides is 1.